The second-order valence-corrected chi connectivity index (χ2v) is 8.98. The minimum atomic E-state index is -4.59. The molecule has 0 aliphatic carbocycles. The Kier molecular flexibility index (Phi) is 6.90. The fraction of sp³-hybridized carbons (Fsp3) is 0.500. The number of halogens is 3. The first-order valence-corrected chi connectivity index (χ1v) is 11.6. The number of rotatable bonds is 6. The lowest BCUT2D eigenvalue weighted by atomic mass is 10.1. The summed E-state index contributed by atoms with van der Waals surface area (Å²) >= 11 is 1.07. The van der Waals surface area contributed by atoms with E-state index in [1.165, 1.54) is 13.5 Å². The van der Waals surface area contributed by atoms with Crippen LogP contribution in [0.15, 0.2) is 35.5 Å². The molecule has 32 heavy (non-hydrogen) atoms. The summed E-state index contributed by atoms with van der Waals surface area (Å²) in [5.41, 5.74) is -0.281. The first-order valence-electron chi connectivity index (χ1n) is 10.6. The van der Waals surface area contributed by atoms with Gasteiger partial charge in [-0.05, 0) is 49.7 Å². The van der Waals surface area contributed by atoms with Crippen LogP contribution in [0.2, 0.25) is 0 Å². The maximum absolute atomic E-state index is 13.4. The third-order valence-corrected chi connectivity index (χ3v) is 6.72. The van der Waals surface area contributed by atoms with Gasteiger partial charge in [0, 0.05) is 43.4 Å². The number of alkyl halides is 3. The van der Waals surface area contributed by atoms with Crippen molar-refractivity contribution in [3.63, 3.8) is 0 Å². The molecule has 0 saturated carbocycles. The van der Waals surface area contributed by atoms with Gasteiger partial charge in [0.1, 0.15) is 11.4 Å². The Hall–Kier alpha value is -2.33. The van der Waals surface area contributed by atoms with Crippen molar-refractivity contribution in [2.75, 3.05) is 39.0 Å². The molecular formula is C22H25F3N4O2S. The highest BCUT2D eigenvalue weighted by Gasteiger charge is 2.34. The molecule has 0 bridgehead atoms. The number of amides is 1. The van der Waals surface area contributed by atoms with Crippen LogP contribution in [0.3, 0.4) is 0 Å². The highest BCUT2D eigenvalue weighted by atomic mass is 32.2. The van der Waals surface area contributed by atoms with Crippen molar-refractivity contribution in [3.05, 3.63) is 36.0 Å². The zero-order chi connectivity index (χ0) is 22.7. The van der Waals surface area contributed by atoms with Crippen LogP contribution in [0.25, 0.3) is 11.3 Å². The van der Waals surface area contributed by atoms with E-state index >= 15 is 0 Å². The number of hydrogen-bond donors (Lipinski definition) is 0. The monoisotopic (exact) mass is 466 g/mol. The molecule has 0 spiro atoms. The number of carbonyl (C=O) groups is 1. The third kappa shape index (κ3) is 5.35. The molecule has 6 nitrogen and oxygen atoms in total. The van der Waals surface area contributed by atoms with E-state index in [2.05, 4.69) is 14.9 Å². The molecule has 0 N–H and O–H groups in total. The van der Waals surface area contributed by atoms with E-state index in [1.54, 1.807) is 24.3 Å². The van der Waals surface area contributed by atoms with Gasteiger partial charge in [0.05, 0.1) is 12.8 Å². The molecule has 0 radical (unpaired) electrons. The standard InChI is InChI=1S/C22H25F3N4O2S/c1-31-17-6-4-15(5-7-17)18-13-19(22(23,24)25)27-21(26-18)32-12-8-20(30)29-11-10-28-9-2-3-16(28)14-29/h4-7,13,16H,2-3,8-12,14H2,1H3/t16-/m1/s1. The Labute approximate surface area is 189 Å². The Morgan fingerprint density at radius 3 is 2.69 bits per heavy atom. The summed E-state index contributed by atoms with van der Waals surface area (Å²) in [4.78, 5) is 24.9. The van der Waals surface area contributed by atoms with E-state index in [0.717, 1.165) is 43.9 Å². The summed E-state index contributed by atoms with van der Waals surface area (Å²) < 4.78 is 45.3. The van der Waals surface area contributed by atoms with Crippen molar-refractivity contribution in [3.8, 4) is 17.0 Å². The van der Waals surface area contributed by atoms with E-state index in [1.807, 2.05) is 4.90 Å². The van der Waals surface area contributed by atoms with Crippen LogP contribution in [-0.2, 0) is 11.0 Å². The van der Waals surface area contributed by atoms with Gasteiger partial charge >= 0.3 is 6.18 Å². The van der Waals surface area contributed by atoms with Gasteiger partial charge in [0.2, 0.25) is 5.91 Å². The second kappa shape index (κ2) is 9.66. The van der Waals surface area contributed by atoms with Crippen molar-refractivity contribution in [1.82, 2.24) is 19.8 Å². The minimum Gasteiger partial charge on any atom is -0.497 e. The number of thioether (sulfide) groups is 1. The Balaban J connectivity index is 1.42. The van der Waals surface area contributed by atoms with E-state index in [0.29, 0.717) is 29.7 Å². The molecule has 1 aromatic heterocycles. The van der Waals surface area contributed by atoms with Crippen LogP contribution < -0.4 is 4.74 Å². The molecule has 2 aromatic rings. The predicted octanol–water partition coefficient (Wildman–Crippen LogP) is 3.96. The van der Waals surface area contributed by atoms with Crippen LogP contribution >= 0.6 is 11.8 Å². The van der Waals surface area contributed by atoms with E-state index in [9.17, 15) is 18.0 Å². The highest BCUT2D eigenvalue weighted by molar-refractivity contribution is 7.99. The number of benzene rings is 1. The van der Waals surface area contributed by atoms with Gasteiger partial charge in [-0.1, -0.05) is 11.8 Å². The van der Waals surface area contributed by atoms with Gasteiger partial charge in [-0.15, -0.1) is 0 Å². The summed E-state index contributed by atoms with van der Waals surface area (Å²) in [6.45, 7) is 3.45. The summed E-state index contributed by atoms with van der Waals surface area (Å²) in [6, 6.07) is 8.03. The molecular weight excluding hydrogens is 441 g/mol. The maximum atomic E-state index is 13.4. The van der Waals surface area contributed by atoms with E-state index < -0.39 is 11.9 Å². The first kappa shape index (κ1) is 22.8. The number of piperazine rings is 1. The summed E-state index contributed by atoms with van der Waals surface area (Å²) in [6.07, 6.45) is -2.05. The van der Waals surface area contributed by atoms with Crippen molar-refractivity contribution in [1.29, 1.82) is 0 Å². The Bertz CT molecular complexity index is 955. The van der Waals surface area contributed by atoms with Crippen molar-refractivity contribution >= 4 is 17.7 Å². The Morgan fingerprint density at radius 1 is 1.19 bits per heavy atom. The zero-order valence-corrected chi connectivity index (χ0v) is 18.6. The lowest BCUT2D eigenvalue weighted by Crippen LogP contribution is -2.52. The number of methoxy groups -OCH3 is 1. The fourth-order valence-corrected chi connectivity index (χ4v) is 4.94. The number of fused-ring (bicyclic) bond motifs is 1. The minimum absolute atomic E-state index is 0.0130. The van der Waals surface area contributed by atoms with Gasteiger partial charge in [-0.3, -0.25) is 9.69 Å². The molecule has 3 heterocycles. The van der Waals surface area contributed by atoms with Gasteiger partial charge in [-0.25, -0.2) is 9.97 Å². The fourth-order valence-electron chi connectivity index (χ4n) is 4.15. The quantitative estimate of drug-likeness (QED) is 0.475. The predicted molar refractivity (Wildman–Crippen MR) is 116 cm³/mol. The van der Waals surface area contributed by atoms with Gasteiger partial charge in [-0.2, -0.15) is 13.2 Å². The molecule has 2 aliphatic rings. The average molecular weight is 467 g/mol. The maximum Gasteiger partial charge on any atom is 0.433 e. The van der Waals surface area contributed by atoms with Gasteiger partial charge in [0.15, 0.2) is 5.16 Å². The molecule has 1 atom stereocenters. The highest BCUT2D eigenvalue weighted by Crippen LogP contribution is 2.32. The zero-order valence-electron chi connectivity index (χ0n) is 17.8. The lowest BCUT2D eigenvalue weighted by Gasteiger charge is -2.37. The molecule has 172 valence electrons. The molecule has 1 aromatic carbocycles. The second-order valence-electron chi connectivity index (χ2n) is 7.92. The SMILES string of the molecule is COc1ccc(-c2cc(C(F)(F)F)nc(SCCC(=O)N3CCN4CCC[C@@H]4C3)n2)cc1. The van der Waals surface area contributed by atoms with Crippen LogP contribution in [0.5, 0.6) is 5.75 Å². The Morgan fingerprint density at radius 2 is 1.97 bits per heavy atom. The van der Waals surface area contributed by atoms with Crippen molar-refractivity contribution in [2.45, 2.75) is 36.6 Å². The number of hydrogen-bond acceptors (Lipinski definition) is 6. The van der Waals surface area contributed by atoms with Crippen LogP contribution in [-0.4, -0.2) is 70.8 Å². The first-order chi connectivity index (χ1) is 15.3. The largest absolute Gasteiger partial charge is 0.497 e. The van der Waals surface area contributed by atoms with Crippen molar-refractivity contribution < 1.29 is 22.7 Å². The number of ether oxygens (including phenoxy) is 1. The number of aromatic nitrogens is 2. The third-order valence-electron chi connectivity index (χ3n) is 5.87. The average Bonchev–Trinajstić information content (AvgIpc) is 3.26. The summed E-state index contributed by atoms with van der Waals surface area (Å²) in [5, 5.41) is 0.0130. The van der Waals surface area contributed by atoms with Crippen molar-refractivity contribution in [2.24, 2.45) is 0 Å². The molecule has 2 saturated heterocycles. The van der Waals surface area contributed by atoms with Gasteiger partial charge < -0.3 is 9.64 Å². The van der Waals surface area contributed by atoms with Crippen LogP contribution in [0, 0.1) is 0 Å². The molecule has 2 fully saturated rings. The molecule has 1 amide bonds. The number of carbonyl (C=O) groups excluding carboxylic acids is 1. The topological polar surface area (TPSA) is 58.6 Å². The normalized spacial score (nSPS) is 19.1. The molecule has 4 rings (SSSR count). The van der Waals surface area contributed by atoms with E-state index in [-0.39, 0.29) is 23.2 Å². The van der Waals surface area contributed by atoms with E-state index in [4.69, 9.17) is 4.74 Å². The van der Waals surface area contributed by atoms with Gasteiger partial charge in [0.25, 0.3) is 0 Å². The molecule has 0 unspecified atom stereocenters. The van der Waals surface area contributed by atoms with Crippen LogP contribution in [0.1, 0.15) is 25.0 Å². The lowest BCUT2D eigenvalue weighted by molar-refractivity contribution is -0.141. The molecule has 2 aliphatic heterocycles. The molecule has 10 heteroatoms. The smallest absolute Gasteiger partial charge is 0.433 e. The summed E-state index contributed by atoms with van der Waals surface area (Å²) in [5.74, 6) is 0.962. The van der Waals surface area contributed by atoms with Crippen LogP contribution in [0.4, 0.5) is 13.2 Å². The summed E-state index contributed by atoms with van der Waals surface area (Å²) in [7, 11) is 1.52. The number of nitrogens with zero attached hydrogens (tertiary/aromatic N) is 4.